The highest BCUT2D eigenvalue weighted by Gasteiger charge is 2.30. The van der Waals surface area contributed by atoms with Crippen LogP contribution in [0.1, 0.15) is 54.9 Å². The van der Waals surface area contributed by atoms with Crippen molar-refractivity contribution in [1.29, 1.82) is 0 Å². The summed E-state index contributed by atoms with van der Waals surface area (Å²) < 4.78 is 5.33. The molecule has 6 nitrogen and oxygen atoms in total. The van der Waals surface area contributed by atoms with Crippen molar-refractivity contribution in [3.8, 4) is 0 Å². The Hall–Kier alpha value is -1.69. The number of hydrogen-bond donors (Lipinski definition) is 1. The second-order valence-electron chi connectivity index (χ2n) is 5.91. The summed E-state index contributed by atoms with van der Waals surface area (Å²) in [5, 5.41) is 11.3. The van der Waals surface area contributed by atoms with Gasteiger partial charge >= 0.3 is 0 Å². The Bertz CT molecular complexity index is 560. The number of aromatic nitrogens is 4. The van der Waals surface area contributed by atoms with E-state index < -0.39 is 0 Å². The number of hydrogen-bond acceptors (Lipinski definition) is 5. The van der Waals surface area contributed by atoms with Crippen LogP contribution >= 0.6 is 0 Å². The van der Waals surface area contributed by atoms with Gasteiger partial charge in [-0.05, 0) is 38.3 Å². The van der Waals surface area contributed by atoms with Gasteiger partial charge < -0.3 is 4.52 Å². The summed E-state index contributed by atoms with van der Waals surface area (Å²) in [6.07, 6.45) is 6.66. The average molecular weight is 273 g/mol. The van der Waals surface area contributed by atoms with Crippen molar-refractivity contribution in [1.82, 2.24) is 25.2 Å². The third kappa shape index (κ3) is 2.47. The fourth-order valence-corrected chi connectivity index (χ4v) is 2.97. The number of nitrogens with one attached hydrogen (secondary N) is 1. The van der Waals surface area contributed by atoms with E-state index in [4.69, 9.17) is 4.52 Å². The molecule has 2 aromatic rings. The number of piperidine rings is 1. The Morgan fingerprint density at radius 3 is 3.05 bits per heavy atom. The third-order valence-corrected chi connectivity index (χ3v) is 4.24. The molecule has 4 rings (SSSR count). The Kier molecular flexibility index (Phi) is 3.03. The van der Waals surface area contributed by atoms with Crippen LogP contribution in [0.15, 0.2) is 16.8 Å². The molecule has 20 heavy (non-hydrogen) atoms. The van der Waals surface area contributed by atoms with Gasteiger partial charge in [-0.2, -0.15) is 10.1 Å². The molecule has 1 aliphatic carbocycles. The smallest absolute Gasteiger partial charge is 0.229 e. The standard InChI is InChI=1S/C14H19N5O/c1-2-11(12-5-6-15-17-12)8-19(7-1)9-13-16-14(20-18-13)10-3-4-10/h5-6,10-11H,1-4,7-9H2,(H,15,17)/t11-/m1/s1. The van der Waals surface area contributed by atoms with E-state index in [2.05, 4.69) is 31.3 Å². The van der Waals surface area contributed by atoms with Crippen LogP contribution in [0.3, 0.4) is 0 Å². The first-order chi connectivity index (χ1) is 9.88. The lowest BCUT2D eigenvalue weighted by atomic mass is 9.95. The van der Waals surface area contributed by atoms with Gasteiger partial charge in [0.25, 0.3) is 0 Å². The Balaban J connectivity index is 1.40. The van der Waals surface area contributed by atoms with E-state index in [1.807, 2.05) is 6.20 Å². The third-order valence-electron chi connectivity index (χ3n) is 4.24. The van der Waals surface area contributed by atoms with Crippen molar-refractivity contribution in [2.75, 3.05) is 13.1 Å². The number of nitrogens with zero attached hydrogens (tertiary/aromatic N) is 4. The predicted molar refractivity (Wildman–Crippen MR) is 72.1 cm³/mol. The molecule has 1 saturated heterocycles. The Morgan fingerprint density at radius 1 is 1.30 bits per heavy atom. The highest BCUT2D eigenvalue weighted by molar-refractivity contribution is 5.08. The minimum absolute atomic E-state index is 0.537. The van der Waals surface area contributed by atoms with Crippen LogP contribution in [-0.4, -0.2) is 38.3 Å². The second-order valence-corrected chi connectivity index (χ2v) is 5.91. The molecule has 0 radical (unpaired) electrons. The Morgan fingerprint density at radius 2 is 2.25 bits per heavy atom. The van der Waals surface area contributed by atoms with E-state index in [1.165, 1.54) is 31.4 Å². The van der Waals surface area contributed by atoms with Gasteiger partial charge in [0.15, 0.2) is 5.82 Å². The molecule has 0 aromatic carbocycles. The summed E-state index contributed by atoms with van der Waals surface area (Å²) >= 11 is 0. The van der Waals surface area contributed by atoms with Gasteiger partial charge in [0.05, 0.1) is 6.54 Å². The molecule has 1 aliphatic heterocycles. The van der Waals surface area contributed by atoms with E-state index in [0.29, 0.717) is 11.8 Å². The monoisotopic (exact) mass is 273 g/mol. The van der Waals surface area contributed by atoms with Crippen molar-refractivity contribution < 1.29 is 4.52 Å². The minimum Gasteiger partial charge on any atom is -0.339 e. The van der Waals surface area contributed by atoms with Gasteiger partial charge in [-0.15, -0.1) is 0 Å². The van der Waals surface area contributed by atoms with Crippen LogP contribution in [0.5, 0.6) is 0 Å². The van der Waals surface area contributed by atoms with Crippen LogP contribution in [0.4, 0.5) is 0 Å². The molecule has 1 saturated carbocycles. The van der Waals surface area contributed by atoms with E-state index >= 15 is 0 Å². The summed E-state index contributed by atoms with van der Waals surface area (Å²) in [6.45, 7) is 2.94. The van der Waals surface area contributed by atoms with E-state index in [-0.39, 0.29) is 0 Å². The van der Waals surface area contributed by atoms with Gasteiger partial charge in [-0.3, -0.25) is 10.00 Å². The van der Waals surface area contributed by atoms with Crippen LogP contribution in [0, 0.1) is 0 Å². The molecule has 106 valence electrons. The van der Waals surface area contributed by atoms with Crippen molar-refractivity contribution in [2.24, 2.45) is 0 Å². The molecule has 0 unspecified atom stereocenters. The Labute approximate surface area is 117 Å². The maximum atomic E-state index is 5.33. The average Bonchev–Trinajstić information content (AvgIpc) is 3.00. The molecule has 6 heteroatoms. The number of aromatic amines is 1. The molecule has 2 fully saturated rings. The molecule has 2 aliphatic rings. The number of likely N-dealkylation sites (tertiary alicyclic amines) is 1. The van der Waals surface area contributed by atoms with Gasteiger partial charge in [0.1, 0.15) is 0 Å². The van der Waals surface area contributed by atoms with Crippen LogP contribution in [-0.2, 0) is 6.54 Å². The fraction of sp³-hybridized carbons (Fsp3) is 0.643. The number of H-pyrrole nitrogens is 1. The second kappa shape index (κ2) is 5.01. The van der Waals surface area contributed by atoms with Crippen LogP contribution in [0.25, 0.3) is 0 Å². The van der Waals surface area contributed by atoms with E-state index in [0.717, 1.165) is 31.3 Å². The lowest BCUT2D eigenvalue weighted by Gasteiger charge is -2.31. The first kappa shape index (κ1) is 12.1. The molecule has 1 atom stereocenters. The zero-order valence-electron chi connectivity index (χ0n) is 11.5. The minimum atomic E-state index is 0.537. The van der Waals surface area contributed by atoms with Crippen molar-refractivity contribution in [2.45, 2.75) is 44.1 Å². The van der Waals surface area contributed by atoms with Crippen LogP contribution < -0.4 is 0 Å². The molecular weight excluding hydrogens is 254 g/mol. The maximum Gasteiger partial charge on any atom is 0.229 e. The summed E-state index contributed by atoms with van der Waals surface area (Å²) in [5.41, 5.74) is 1.24. The molecule has 0 bridgehead atoms. The molecule has 0 spiro atoms. The molecule has 2 aromatic heterocycles. The SMILES string of the molecule is c1cc([C@@H]2CCCN(Cc3noc(C4CC4)n3)C2)[nH]n1. The van der Waals surface area contributed by atoms with Crippen LogP contribution in [0.2, 0.25) is 0 Å². The van der Waals surface area contributed by atoms with E-state index in [1.54, 1.807) is 0 Å². The molecule has 3 heterocycles. The van der Waals surface area contributed by atoms with Gasteiger partial charge in [0.2, 0.25) is 5.89 Å². The molecular formula is C14H19N5O. The first-order valence-electron chi connectivity index (χ1n) is 7.42. The van der Waals surface area contributed by atoms with E-state index in [9.17, 15) is 0 Å². The molecule has 0 amide bonds. The quantitative estimate of drug-likeness (QED) is 0.923. The fourth-order valence-electron chi connectivity index (χ4n) is 2.97. The summed E-state index contributed by atoms with van der Waals surface area (Å²) in [4.78, 5) is 6.93. The first-order valence-corrected chi connectivity index (χ1v) is 7.42. The lowest BCUT2D eigenvalue weighted by molar-refractivity contribution is 0.192. The number of rotatable bonds is 4. The zero-order valence-corrected chi connectivity index (χ0v) is 11.5. The van der Waals surface area contributed by atoms with Gasteiger partial charge in [0, 0.05) is 30.3 Å². The van der Waals surface area contributed by atoms with Gasteiger partial charge in [-0.1, -0.05) is 5.16 Å². The lowest BCUT2D eigenvalue weighted by Crippen LogP contribution is -2.34. The van der Waals surface area contributed by atoms with Crippen molar-refractivity contribution in [3.63, 3.8) is 0 Å². The normalized spacial score (nSPS) is 24.1. The predicted octanol–water partition coefficient (Wildman–Crippen LogP) is 2.05. The van der Waals surface area contributed by atoms with Gasteiger partial charge in [-0.25, -0.2) is 0 Å². The largest absolute Gasteiger partial charge is 0.339 e. The summed E-state index contributed by atoms with van der Waals surface area (Å²) in [7, 11) is 0. The zero-order chi connectivity index (χ0) is 13.4. The summed E-state index contributed by atoms with van der Waals surface area (Å²) in [6, 6.07) is 2.08. The highest BCUT2D eigenvalue weighted by atomic mass is 16.5. The van der Waals surface area contributed by atoms with Crippen molar-refractivity contribution in [3.05, 3.63) is 29.7 Å². The maximum absolute atomic E-state index is 5.33. The highest BCUT2D eigenvalue weighted by Crippen LogP contribution is 2.38. The molecule has 1 N–H and O–H groups in total. The van der Waals surface area contributed by atoms with Crippen molar-refractivity contribution >= 4 is 0 Å². The topological polar surface area (TPSA) is 70.8 Å². The summed E-state index contributed by atoms with van der Waals surface area (Å²) in [5.74, 6) is 2.75.